The second-order valence-corrected chi connectivity index (χ2v) is 9.20. The van der Waals surface area contributed by atoms with E-state index in [4.69, 9.17) is 11.6 Å². The Morgan fingerprint density at radius 3 is 2.65 bits per heavy atom. The van der Waals surface area contributed by atoms with Gasteiger partial charge in [0.25, 0.3) is 15.9 Å². The summed E-state index contributed by atoms with van der Waals surface area (Å²) in [7, 11) is -3.85. The number of hydrazine groups is 1. The highest BCUT2D eigenvalue weighted by molar-refractivity contribution is 7.89. The first-order valence-corrected chi connectivity index (χ1v) is 10.7. The smallest absolute Gasteiger partial charge is 0.273 e. The van der Waals surface area contributed by atoms with Gasteiger partial charge in [-0.3, -0.25) is 10.2 Å². The van der Waals surface area contributed by atoms with E-state index in [2.05, 4.69) is 10.3 Å². The third-order valence-corrected chi connectivity index (χ3v) is 7.34. The summed E-state index contributed by atoms with van der Waals surface area (Å²) in [5.41, 5.74) is 4.49. The van der Waals surface area contributed by atoms with Crippen LogP contribution in [0.4, 0.5) is 0 Å². The number of amides is 1. The van der Waals surface area contributed by atoms with Crippen molar-refractivity contribution in [1.82, 2.24) is 10.3 Å². The molecule has 26 heavy (non-hydrogen) atoms. The molecule has 8 heteroatoms. The predicted octanol–water partition coefficient (Wildman–Crippen LogP) is 3.67. The largest absolute Gasteiger partial charge is 0.277 e. The topological polar surface area (TPSA) is 75.3 Å². The molecule has 4 rings (SSSR count). The quantitative estimate of drug-likeness (QED) is 0.649. The van der Waals surface area contributed by atoms with Crippen molar-refractivity contribution in [3.8, 4) is 0 Å². The van der Waals surface area contributed by atoms with Crippen molar-refractivity contribution in [3.63, 3.8) is 0 Å². The fourth-order valence-electron chi connectivity index (χ4n) is 3.10. The minimum Gasteiger partial charge on any atom is -0.273 e. The van der Waals surface area contributed by atoms with Crippen molar-refractivity contribution < 1.29 is 13.2 Å². The number of benzene rings is 2. The zero-order valence-electron chi connectivity index (χ0n) is 13.6. The highest BCUT2D eigenvalue weighted by Gasteiger charge is 2.21. The van der Waals surface area contributed by atoms with Gasteiger partial charge in [0.15, 0.2) is 0 Å². The minimum atomic E-state index is -3.85. The molecule has 0 aliphatic heterocycles. The van der Waals surface area contributed by atoms with Crippen LogP contribution < -0.4 is 10.3 Å². The van der Waals surface area contributed by atoms with Crippen molar-refractivity contribution in [2.45, 2.75) is 24.2 Å². The monoisotopic (exact) mass is 406 g/mol. The van der Waals surface area contributed by atoms with Gasteiger partial charge in [-0.25, -0.2) is 8.42 Å². The number of halogens is 1. The van der Waals surface area contributed by atoms with Crippen LogP contribution in [0.3, 0.4) is 0 Å². The van der Waals surface area contributed by atoms with Crippen LogP contribution in [0.2, 0.25) is 5.02 Å². The molecule has 1 amide bonds. The maximum Gasteiger partial charge on any atom is 0.277 e. The molecule has 5 nitrogen and oxygen atoms in total. The van der Waals surface area contributed by atoms with Gasteiger partial charge in [-0.05, 0) is 48.6 Å². The van der Waals surface area contributed by atoms with E-state index >= 15 is 0 Å². The molecule has 1 aliphatic carbocycles. The van der Waals surface area contributed by atoms with Gasteiger partial charge in [-0.2, -0.15) is 0 Å². The van der Waals surface area contributed by atoms with Crippen LogP contribution in [-0.2, 0) is 22.9 Å². The standard InChI is InChI=1S/C18H15ClN2O3S2/c19-16-14-6-1-2-7-15(14)25-17(16)18(22)20-21-26(23,24)13-9-8-11-4-3-5-12(11)10-13/h1-2,6-10,21H,3-5H2,(H,20,22). The van der Waals surface area contributed by atoms with E-state index < -0.39 is 15.9 Å². The second kappa shape index (κ2) is 6.66. The van der Waals surface area contributed by atoms with Gasteiger partial charge in [0, 0.05) is 10.1 Å². The van der Waals surface area contributed by atoms with Crippen molar-refractivity contribution >= 4 is 49.0 Å². The van der Waals surface area contributed by atoms with Crippen molar-refractivity contribution in [1.29, 1.82) is 0 Å². The summed E-state index contributed by atoms with van der Waals surface area (Å²) in [4.78, 5) is 15.0. The lowest BCUT2D eigenvalue weighted by molar-refractivity contribution is 0.0949. The van der Waals surface area contributed by atoms with Crippen molar-refractivity contribution in [3.05, 3.63) is 63.5 Å². The van der Waals surface area contributed by atoms with E-state index in [1.165, 1.54) is 16.9 Å². The molecule has 3 aromatic rings. The number of fused-ring (bicyclic) bond motifs is 2. The Hall–Kier alpha value is -1.93. The summed E-state index contributed by atoms with van der Waals surface area (Å²) in [5, 5.41) is 1.09. The van der Waals surface area contributed by atoms with E-state index in [1.807, 2.05) is 30.3 Å². The molecule has 0 unspecified atom stereocenters. The van der Waals surface area contributed by atoms with Gasteiger partial charge in [0.2, 0.25) is 0 Å². The average molecular weight is 407 g/mol. The number of thiophene rings is 1. The van der Waals surface area contributed by atoms with Crippen LogP contribution in [0.25, 0.3) is 10.1 Å². The molecule has 0 saturated heterocycles. The Balaban J connectivity index is 1.54. The van der Waals surface area contributed by atoms with E-state index in [0.29, 0.717) is 5.02 Å². The van der Waals surface area contributed by atoms with Crippen LogP contribution in [0.1, 0.15) is 27.2 Å². The molecule has 1 aliphatic rings. The van der Waals surface area contributed by atoms with Gasteiger partial charge in [-0.15, -0.1) is 16.2 Å². The zero-order valence-corrected chi connectivity index (χ0v) is 16.0. The van der Waals surface area contributed by atoms with Crippen LogP contribution in [-0.4, -0.2) is 14.3 Å². The van der Waals surface area contributed by atoms with Crippen LogP contribution in [0, 0.1) is 0 Å². The highest BCUT2D eigenvalue weighted by Crippen LogP contribution is 2.35. The van der Waals surface area contributed by atoms with E-state index in [-0.39, 0.29) is 9.77 Å². The molecular formula is C18H15ClN2O3S2. The summed E-state index contributed by atoms with van der Waals surface area (Å²) in [6, 6.07) is 12.4. The molecule has 1 heterocycles. The average Bonchev–Trinajstić information content (AvgIpc) is 3.24. The molecule has 0 atom stereocenters. The Morgan fingerprint density at radius 2 is 1.85 bits per heavy atom. The summed E-state index contributed by atoms with van der Waals surface area (Å²) >= 11 is 7.47. The summed E-state index contributed by atoms with van der Waals surface area (Å²) in [5.74, 6) is -0.582. The van der Waals surface area contributed by atoms with E-state index in [1.54, 1.807) is 12.1 Å². The number of sulfonamides is 1. The van der Waals surface area contributed by atoms with Crippen LogP contribution >= 0.6 is 22.9 Å². The fraction of sp³-hybridized carbons (Fsp3) is 0.167. The number of carbonyl (C=O) groups excluding carboxylic acids is 1. The van der Waals surface area contributed by atoms with Gasteiger partial charge in [-0.1, -0.05) is 35.9 Å². The number of carbonyl (C=O) groups is 1. The highest BCUT2D eigenvalue weighted by atomic mass is 35.5. The van der Waals surface area contributed by atoms with Gasteiger partial charge in [0.05, 0.1) is 9.92 Å². The summed E-state index contributed by atoms with van der Waals surface area (Å²) in [6.45, 7) is 0. The molecule has 0 saturated carbocycles. The second-order valence-electron chi connectivity index (χ2n) is 6.09. The Labute approximate surface area is 160 Å². The molecular weight excluding hydrogens is 392 g/mol. The third-order valence-electron chi connectivity index (χ3n) is 4.42. The number of hydrogen-bond acceptors (Lipinski definition) is 4. The molecule has 0 bridgehead atoms. The van der Waals surface area contributed by atoms with Crippen molar-refractivity contribution in [2.75, 3.05) is 0 Å². The van der Waals surface area contributed by atoms with Gasteiger partial charge >= 0.3 is 0 Å². The summed E-state index contributed by atoms with van der Waals surface area (Å²) in [6.07, 6.45) is 2.89. The maximum atomic E-state index is 12.5. The number of aryl methyl sites for hydroxylation is 2. The minimum absolute atomic E-state index is 0.140. The summed E-state index contributed by atoms with van der Waals surface area (Å²) < 4.78 is 25.8. The molecule has 2 aromatic carbocycles. The lowest BCUT2D eigenvalue weighted by atomic mass is 10.1. The first-order chi connectivity index (χ1) is 12.5. The SMILES string of the molecule is O=C(NNS(=O)(=O)c1ccc2c(c1)CCC2)c1sc2ccccc2c1Cl. The third kappa shape index (κ3) is 3.12. The molecule has 134 valence electrons. The van der Waals surface area contributed by atoms with Crippen LogP contribution in [0.15, 0.2) is 47.4 Å². The first-order valence-electron chi connectivity index (χ1n) is 8.07. The van der Waals surface area contributed by atoms with Crippen LogP contribution in [0.5, 0.6) is 0 Å². The molecule has 2 N–H and O–H groups in total. The van der Waals surface area contributed by atoms with E-state index in [9.17, 15) is 13.2 Å². The normalized spacial score (nSPS) is 13.7. The Morgan fingerprint density at radius 1 is 1.08 bits per heavy atom. The predicted molar refractivity (Wildman–Crippen MR) is 103 cm³/mol. The number of nitrogens with one attached hydrogen (secondary N) is 2. The van der Waals surface area contributed by atoms with Gasteiger partial charge < -0.3 is 0 Å². The van der Waals surface area contributed by atoms with E-state index in [0.717, 1.165) is 34.9 Å². The lowest BCUT2D eigenvalue weighted by Crippen LogP contribution is -2.41. The number of rotatable bonds is 4. The molecule has 1 aromatic heterocycles. The maximum absolute atomic E-state index is 12.5. The number of hydrogen-bond donors (Lipinski definition) is 2. The first kappa shape index (κ1) is 17.5. The zero-order chi connectivity index (χ0) is 18.3. The molecule has 0 fully saturated rings. The lowest BCUT2D eigenvalue weighted by Gasteiger charge is -2.09. The molecule has 0 radical (unpaired) electrons. The van der Waals surface area contributed by atoms with Crippen molar-refractivity contribution in [2.24, 2.45) is 0 Å². The molecule has 0 spiro atoms. The Kier molecular flexibility index (Phi) is 4.48. The fourth-order valence-corrected chi connectivity index (χ4v) is 5.41. The van der Waals surface area contributed by atoms with Gasteiger partial charge in [0.1, 0.15) is 4.88 Å². The Bertz CT molecular complexity index is 1120.